The molecule has 114 valence electrons. The summed E-state index contributed by atoms with van der Waals surface area (Å²) in [6.45, 7) is 5.10. The fraction of sp³-hybridized carbons (Fsp3) is 0.412. The lowest BCUT2D eigenvalue weighted by Crippen LogP contribution is -2.23. The summed E-state index contributed by atoms with van der Waals surface area (Å²) in [6, 6.07) is 7.86. The lowest BCUT2D eigenvalue weighted by molar-refractivity contribution is 0.390. The van der Waals surface area contributed by atoms with E-state index in [1.165, 1.54) is 0 Å². The van der Waals surface area contributed by atoms with E-state index in [0.29, 0.717) is 0 Å². The third-order valence-corrected chi connectivity index (χ3v) is 3.47. The Hall–Kier alpha value is -1.94. The lowest BCUT2D eigenvalue weighted by atomic mass is 10.0. The van der Waals surface area contributed by atoms with E-state index in [2.05, 4.69) is 19.2 Å². The van der Waals surface area contributed by atoms with Gasteiger partial charge in [0.05, 0.1) is 26.5 Å². The van der Waals surface area contributed by atoms with Crippen molar-refractivity contribution in [3.63, 3.8) is 0 Å². The summed E-state index contributed by atoms with van der Waals surface area (Å²) in [5.41, 5.74) is 2.20. The highest BCUT2D eigenvalue weighted by atomic mass is 16.5. The molecule has 0 radical (unpaired) electrons. The van der Waals surface area contributed by atoms with E-state index in [4.69, 9.17) is 13.9 Å². The highest BCUT2D eigenvalue weighted by Gasteiger charge is 2.20. The van der Waals surface area contributed by atoms with Crippen LogP contribution in [0.15, 0.2) is 34.9 Å². The molecule has 0 amide bonds. The number of hydrogen-bond donors (Lipinski definition) is 1. The van der Waals surface area contributed by atoms with E-state index < -0.39 is 0 Å². The Bertz CT molecular complexity index is 555. The van der Waals surface area contributed by atoms with Gasteiger partial charge in [0.15, 0.2) is 0 Å². The van der Waals surface area contributed by atoms with Crippen molar-refractivity contribution in [3.05, 3.63) is 47.4 Å². The van der Waals surface area contributed by atoms with Gasteiger partial charge in [0, 0.05) is 6.07 Å². The Morgan fingerprint density at radius 1 is 1.14 bits per heavy atom. The molecule has 0 saturated heterocycles. The third-order valence-electron chi connectivity index (χ3n) is 3.47. The molecule has 21 heavy (non-hydrogen) atoms. The fourth-order valence-corrected chi connectivity index (χ4v) is 2.33. The quantitative estimate of drug-likeness (QED) is 0.844. The summed E-state index contributed by atoms with van der Waals surface area (Å²) in [6.07, 6.45) is 2.78. The molecule has 1 unspecified atom stereocenters. The second-order valence-electron chi connectivity index (χ2n) is 5.00. The number of nitrogens with one attached hydrogen (secondary N) is 1. The van der Waals surface area contributed by atoms with Crippen LogP contribution in [-0.4, -0.2) is 20.8 Å². The van der Waals surface area contributed by atoms with Gasteiger partial charge in [-0.15, -0.1) is 0 Å². The second kappa shape index (κ2) is 7.18. The predicted octanol–water partition coefficient (Wildman–Crippen LogP) is 3.69. The number of aryl methyl sites for hydroxylation is 1. The molecule has 1 N–H and O–H groups in total. The third kappa shape index (κ3) is 3.58. The van der Waals surface area contributed by atoms with Crippen LogP contribution in [0.5, 0.6) is 11.5 Å². The molecule has 1 heterocycles. The zero-order valence-electron chi connectivity index (χ0n) is 13.1. The Balaban J connectivity index is 2.43. The molecule has 1 aromatic carbocycles. The van der Waals surface area contributed by atoms with Crippen LogP contribution in [0.3, 0.4) is 0 Å². The average molecular weight is 289 g/mol. The zero-order chi connectivity index (χ0) is 15.2. The maximum Gasteiger partial charge on any atom is 0.128 e. The summed E-state index contributed by atoms with van der Waals surface area (Å²) in [4.78, 5) is 0. The van der Waals surface area contributed by atoms with Crippen LogP contribution >= 0.6 is 0 Å². The predicted molar refractivity (Wildman–Crippen MR) is 83.1 cm³/mol. The molecule has 0 aliphatic heterocycles. The summed E-state index contributed by atoms with van der Waals surface area (Å²) < 4.78 is 16.4. The Morgan fingerprint density at radius 2 is 1.81 bits per heavy atom. The van der Waals surface area contributed by atoms with Crippen molar-refractivity contribution in [2.75, 3.05) is 20.8 Å². The van der Waals surface area contributed by atoms with Crippen LogP contribution in [0.2, 0.25) is 0 Å². The minimum absolute atomic E-state index is 0.0102. The molecule has 4 nitrogen and oxygen atoms in total. The van der Waals surface area contributed by atoms with Crippen LogP contribution in [0.25, 0.3) is 0 Å². The first-order chi connectivity index (χ1) is 10.2. The summed E-state index contributed by atoms with van der Waals surface area (Å²) >= 11 is 0. The maximum absolute atomic E-state index is 5.68. The molecule has 0 bridgehead atoms. The normalized spacial score (nSPS) is 12.2. The average Bonchev–Trinajstić information content (AvgIpc) is 2.93. The fourth-order valence-electron chi connectivity index (χ4n) is 2.33. The van der Waals surface area contributed by atoms with Gasteiger partial charge in [-0.25, -0.2) is 0 Å². The zero-order valence-corrected chi connectivity index (χ0v) is 13.1. The Labute approximate surface area is 126 Å². The van der Waals surface area contributed by atoms with Gasteiger partial charge < -0.3 is 19.2 Å². The molecular weight excluding hydrogens is 266 g/mol. The summed E-state index contributed by atoms with van der Waals surface area (Å²) in [5.74, 6) is 2.48. The van der Waals surface area contributed by atoms with Gasteiger partial charge in [-0.05, 0) is 49.2 Å². The SMILES string of the molecule is CCCNC(c1cc(OC)cc(OC)c1)c1occc1C. The van der Waals surface area contributed by atoms with Gasteiger partial charge >= 0.3 is 0 Å². The number of furan rings is 1. The smallest absolute Gasteiger partial charge is 0.128 e. The first-order valence-electron chi connectivity index (χ1n) is 7.20. The second-order valence-corrected chi connectivity index (χ2v) is 5.00. The monoisotopic (exact) mass is 289 g/mol. The number of benzene rings is 1. The molecule has 2 rings (SSSR count). The van der Waals surface area contributed by atoms with Crippen molar-refractivity contribution in [2.45, 2.75) is 26.3 Å². The van der Waals surface area contributed by atoms with E-state index in [-0.39, 0.29) is 6.04 Å². The highest BCUT2D eigenvalue weighted by Crippen LogP contribution is 2.31. The van der Waals surface area contributed by atoms with Crippen molar-refractivity contribution in [3.8, 4) is 11.5 Å². The van der Waals surface area contributed by atoms with Gasteiger partial charge in [-0.2, -0.15) is 0 Å². The molecule has 0 aliphatic carbocycles. The van der Waals surface area contributed by atoms with E-state index >= 15 is 0 Å². The van der Waals surface area contributed by atoms with Crippen LogP contribution in [-0.2, 0) is 0 Å². The standard InChI is InChI=1S/C17H23NO3/c1-5-7-18-16(17-12(2)6-8-21-17)13-9-14(19-3)11-15(10-13)20-4/h6,8-11,16,18H,5,7H2,1-4H3. The van der Waals surface area contributed by atoms with Gasteiger partial charge in [-0.1, -0.05) is 6.92 Å². The number of ether oxygens (including phenoxy) is 2. The van der Waals surface area contributed by atoms with Crippen LogP contribution < -0.4 is 14.8 Å². The Morgan fingerprint density at radius 3 is 2.29 bits per heavy atom. The topological polar surface area (TPSA) is 43.6 Å². The summed E-state index contributed by atoms with van der Waals surface area (Å²) in [5, 5.41) is 3.53. The van der Waals surface area contributed by atoms with Crippen molar-refractivity contribution in [2.24, 2.45) is 0 Å². The molecule has 2 aromatic rings. The van der Waals surface area contributed by atoms with E-state index in [0.717, 1.165) is 41.4 Å². The van der Waals surface area contributed by atoms with Crippen LogP contribution in [0.1, 0.15) is 36.3 Å². The maximum atomic E-state index is 5.68. The van der Waals surface area contributed by atoms with Gasteiger partial charge in [0.1, 0.15) is 17.3 Å². The van der Waals surface area contributed by atoms with Gasteiger partial charge in [0.25, 0.3) is 0 Å². The molecule has 0 spiro atoms. The van der Waals surface area contributed by atoms with E-state index in [1.54, 1.807) is 20.5 Å². The number of rotatable bonds is 7. The van der Waals surface area contributed by atoms with Crippen LogP contribution in [0.4, 0.5) is 0 Å². The first kappa shape index (κ1) is 15.4. The molecule has 0 saturated carbocycles. The minimum Gasteiger partial charge on any atom is -0.497 e. The number of methoxy groups -OCH3 is 2. The lowest BCUT2D eigenvalue weighted by Gasteiger charge is -2.19. The Kier molecular flexibility index (Phi) is 5.28. The molecule has 1 atom stereocenters. The van der Waals surface area contributed by atoms with E-state index in [1.807, 2.05) is 24.3 Å². The minimum atomic E-state index is -0.0102. The molecule has 4 heteroatoms. The molecule has 0 aliphatic rings. The first-order valence-corrected chi connectivity index (χ1v) is 7.20. The van der Waals surface area contributed by atoms with E-state index in [9.17, 15) is 0 Å². The van der Waals surface area contributed by atoms with Crippen molar-refractivity contribution >= 4 is 0 Å². The largest absolute Gasteiger partial charge is 0.497 e. The van der Waals surface area contributed by atoms with Gasteiger partial charge in [-0.3, -0.25) is 0 Å². The summed E-state index contributed by atoms with van der Waals surface area (Å²) in [7, 11) is 3.32. The molecule has 1 aromatic heterocycles. The van der Waals surface area contributed by atoms with Gasteiger partial charge in [0.2, 0.25) is 0 Å². The van der Waals surface area contributed by atoms with Crippen molar-refractivity contribution in [1.82, 2.24) is 5.32 Å². The molecular formula is C17H23NO3. The molecule has 0 fully saturated rings. The highest BCUT2D eigenvalue weighted by molar-refractivity contribution is 5.42. The van der Waals surface area contributed by atoms with Crippen LogP contribution in [0, 0.1) is 6.92 Å². The number of hydrogen-bond acceptors (Lipinski definition) is 4. The van der Waals surface area contributed by atoms with Crippen molar-refractivity contribution < 1.29 is 13.9 Å². The van der Waals surface area contributed by atoms with Crippen molar-refractivity contribution in [1.29, 1.82) is 0 Å².